The Kier molecular flexibility index (Phi) is 4.23. The van der Waals surface area contributed by atoms with Crippen molar-refractivity contribution in [1.82, 2.24) is 0 Å². The van der Waals surface area contributed by atoms with E-state index in [9.17, 15) is 14.0 Å². The number of carboxylic acids is 1. The van der Waals surface area contributed by atoms with Crippen LogP contribution in [-0.4, -0.2) is 17.0 Å². The lowest BCUT2D eigenvalue weighted by Gasteiger charge is -2.10. The number of hydrogen-bond donors (Lipinski definition) is 2. The number of carbonyl (C=O) groups is 2. The molecule has 0 aliphatic heterocycles. The Labute approximate surface area is 125 Å². The molecule has 0 fully saturated rings. The minimum atomic E-state index is -1.26. The maximum absolute atomic E-state index is 13.2. The Morgan fingerprint density at radius 3 is 2.57 bits per heavy atom. The van der Waals surface area contributed by atoms with Crippen molar-refractivity contribution in [1.29, 1.82) is 0 Å². The third-order valence-corrected chi connectivity index (χ3v) is 3.40. The van der Waals surface area contributed by atoms with Gasteiger partial charge < -0.3 is 10.4 Å². The Bertz CT molecular complexity index is 731. The van der Waals surface area contributed by atoms with Crippen LogP contribution in [0.25, 0.3) is 0 Å². The van der Waals surface area contributed by atoms with Crippen molar-refractivity contribution in [3.8, 4) is 0 Å². The van der Waals surface area contributed by atoms with Crippen LogP contribution < -0.4 is 5.32 Å². The van der Waals surface area contributed by atoms with Gasteiger partial charge in [-0.25, -0.2) is 9.18 Å². The first-order valence-electron chi connectivity index (χ1n) is 5.99. The van der Waals surface area contributed by atoms with Crippen molar-refractivity contribution in [2.45, 2.75) is 6.92 Å². The van der Waals surface area contributed by atoms with Crippen LogP contribution in [-0.2, 0) is 0 Å². The van der Waals surface area contributed by atoms with E-state index < -0.39 is 17.7 Å². The van der Waals surface area contributed by atoms with Crippen LogP contribution in [0, 0.1) is 12.7 Å². The van der Waals surface area contributed by atoms with Crippen LogP contribution in [0.4, 0.5) is 10.1 Å². The average Bonchev–Trinajstić information content (AvgIpc) is 2.41. The largest absolute Gasteiger partial charge is 0.478 e. The molecule has 2 aromatic carbocycles. The second-order valence-electron chi connectivity index (χ2n) is 4.39. The number of carbonyl (C=O) groups excluding carboxylic acids is 1. The van der Waals surface area contributed by atoms with E-state index in [4.69, 9.17) is 16.7 Å². The molecule has 0 spiro atoms. The summed E-state index contributed by atoms with van der Waals surface area (Å²) in [4.78, 5) is 23.2. The van der Waals surface area contributed by atoms with Crippen LogP contribution in [0.1, 0.15) is 26.3 Å². The molecule has 1 amide bonds. The Morgan fingerprint density at radius 2 is 1.90 bits per heavy atom. The summed E-state index contributed by atoms with van der Waals surface area (Å²) in [5.41, 5.74) is 0.581. The highest BCUT2D eigenvalue weighted by Gasteiger charge is 2.16. The Balaban J connectivity index is 2.38. The number of aryl methyl sites for hydroxylation is 1. The van der Waals surface area contributed by atoms with E-state index in [-0.39, 0.29) is 21.8 Å². The molecular weight excluding hydrogens is 297 g/mol. The number of amides is 1. The molecule has 21 heavy (non-hydrogen) atoms. The standard InChI is InChI=1S/C15H11ClFNO3/c1-8-3-2-4-11(13(8)16)14(19)18-12-7-9(17)5-6-10(12)15(20)21/h2-7H,1H3,(H,18,19)(H,20,21). The van der Waals surface area contributed by atoms with Crippen molar-refractivity contribution in [3.63, 3.8) is 0 Å². The lowest BCUT2D eigenvalue weighted by molar-refractivity contribution is 0.0698. The fraction of sp³-hybridized carbons (Fsp3) is 0.0667. The SMILES string of the molecule is Cc1cccc(C(=O)Nc2cc(F)ccc2C(=O)O)c1Cl. The fourth-order valence-corrected chi connectivity index (χ4v) is 2.03. The molecule has 108 valence electrons. The average molecular weight is 308 g/mol. The Hall–Kier alpha value is -2.40. The number of anilines is 1. The van der Waals surface area contributed by atoms with E-state index in [1.807, 2.05) is 0 Å². The summed E-state index contributed by atoms with van der Waals surface area (Å²) < 4.78 is 13.2. The van der Waals surface area contributed by atoms with E-state index in [1.165, 1.54) is 6.07 Å². The first-order valence-corrected chi connectivity index (χ1v) is 6.37. The van der Waals surface area contributed by atoms with Gasteiger partial charge in [0.15, 0.2) is 0 Å². The summed E-state index contributed by atoms with van der Waals surface area (Å²) in [6, 6.07) is 7.95. The molecular formula is C15H11ClFNO3. The van der Waals surface area contributed by atoms with E-state index in [1.54, 1.807) is 19.1 Å². The number of nitrogens with one attached hydrogen (secondary N) is 1. The molecule has 6 heteroatoms. The zero-order valence-electron chi connectivity index (χ0n) is 11.0. The maximum atomic E-state index is 13.2. The van der Waals surface area contributed by atoms with Crippen LogP contribution in [0.5, 0.6) is 0 Å². The van der Waals surface area contributed by atoms with Crippen LogP contribution >= 0.6 is 11.6 Å². The Morgan fingerprint density at radius 1 is 1.19 bits per heavy atom. The van der Waals surface area contributed by atoms with Gasteiger partial charge >= 0.3 is 5.97 Å². The molecule has 0 aromatic heterocycles. The summed E-state index contributed by atoms with van der Waals surface area (Å²) in [5.74, 6) is -2.51. The van der Waals surface area contributed by atoms with Gasteiger partial charge in [0.1, 0.15) is 5.82 Å². The second-order valence-corrected chi connectivity index (χ2v) is 4.76. The van der Waals surface area contributed by atoms with Crippen molar-refractivity contribution < 1.29 is 19.1 Å². The molecule has 0 radical (unpaired) electrons. The zero-order valence-corrected chi connectivity index (χ0v) is 11.7. The topological polar surface area (TPSA) is 66.4 Å². The number of hydrogen-bond acceptors (Lipinski definition) is 2. The summed E-state index contributed by atoms with van der Waals surface area (Å²) >= 11 is 6.04. The van der Waals surface area contributed by atoms with Gasteiger partial charge in [-0.05, 0) is 36.8 Å². The molecule has 0 heterocycles. The van der Waals surface area contributed by atoms with Gasteiger partial charge in [0.25, 0.3) is 5.91 Å². The molecule has 4 nitrogen and oxygen atoms in total. The minimum absolute atomic E-state index is 0.120. The van der Waals surface area contributed by atoms with Gasteiger partial charge in [-0.3, -0.25) is 4.79 Å². The van der Waals surface area contributed by atoms with Crippen LogP contribution in [0.15, 0.2) is 36.4 Å². The normalized spacial score (nSPS) is 10.2. The number of aromatic carboxylic acids is 1. The predicted octanol–water partition coefficient (Wildman–Crippen LogP) is 3.74. The summed E-state index contributed by atoms with van der Waals surface area (Å²) in [7, 11) is 0. The van der Waals surface area contributed by atoms with E-state index in [0.29, 0.717) is 5.56 Å². The molecule has 0 bridgehead atoms. The van der Waals surface area contributed by atoms with Crippen molar-refractivity contribution in [2.24, 2.45) is 0 Å². The molecule has 0 atom stereocenters. The lowest BCUT2D eigenvalue weighted by atomic mass is 10.1. The van der Waals surface area contributed by atoms with E-state index in [2.05, 4.69) is 5.32 Å². The quantitative estimate of drug-likeness (QED) is 0.907. The van der Waals surface area contributed by atoms with Gasteiger partial charge in [-0.1, -0.05) is 23.7 Å². The smallest absolute Gasteiger partial charge is 0.337 e. The molecule has 2 aromatic rings. The van der Waals surface area contributed by atoms with Crippen molar-refractivity contribution >= 4 is 29.2 Å². The van der Waals surface area contributed by atoms with Gasteiger partial charge in [0, 0.05) is 0 Å². The third-order valence-electron chi connectivity index (χ3n) is 2.90. The summed E-state index contributed by atoms with van der Waals surface area (Å²) in [6.45, 7) is 1.74. The van der Waals surface area contributed by atoms with Crippen molar-refractivity contribution in [2.75, 3.05) is 5.32 Å². The molecule has 2 rings (SSSR count). The van der Waals surface area contributed by atoms with Gasteiger partial charge in [0.2, 0.25) is 0 Å². The fourth-order valence-electron chi connectivity index (χ4n) is 1.82. The molecule has 0 saturated heterocycles. The van der Waals surface area contributed by atoms with Gasteiger partial charge in [0.05, 0.1) is 21.8 Å². The van der Waals surface area contributed by atoms with Crippen molar-refractivity contribution in [3.05, 3.63) is 63.9 Å². The highest BCUT2D eigenvalue weighted by molar-refractivity contribution is 6.35. The summed E-state index contributed by atoms with van der Waals surface area (Å²) in [5, 5.41) is 11.7. The molecule has 0 aliphatic rings. The molecule has 0 aliphatic carbocycles. The third kappa shape index (κ3) is 3.20. The maximum Gasteiger partial charge on any atom is 0.337 e. The minimum Gasteiger partial charge on any atom is -0.478 e. The monoisotopic (exact) mass is 307 g/mol. The number of carboxylic acid groups (broad SMARTS) is 1. The van der Waals surface area contributed by atoms with E-state index >= 15 is 0 Å². The number of halogens is 2. The first kappa shape index (κ1) is 15.0. The zero-order chi connectivity index (χ0) is 15.6. The van der Waals surface area contributed by atoms with Gasteiger partial charge in [-0.15, -0.1) is 0 Å². The van der Waals surface area contributed by atoms with Gasteiger partial charge in [-0.2, -0.15) is 0 Å². The molecule has 2 N–H and O–H groups in total. The number of rotatable bonds is 3. The van der Waals surface area contributed by atoms with E-state index in [0.717, 1.165) is 18.2 Å². The predicted molar refractivity (Wildman–Crippen MR) is 77.5 cm³/mol. The first-order chi connectivity index (χ1) is 9.90. The highest BCUT2D eigenvalue weighted by atomic mass is 35.5. The lowest BCUT2D eigenvalue weighted by Crippen LogP contribution is -2.15. The molecule has 0 unspecified atom stereocenters. The highest BCUT2D eigenvalue weighted by Crippen LogP contribution is 2.23. The summed E-state index contributed by atoms with van der Waals surface area (Å²) in [6.07, 6.45) is 0. The second kappa shape index (κ2) is 5.93. The number of benzene rings is 2. The molecule has 0 saturated carbocycles. The van der Waals surface area contributed by atoms with Crippen LogP contribution in [0.2, 0.25) is 5.02 Å². The van der Waals surface area contributed by atoms with Crippen LogP contribution in [0.3, 0.4) is 0 Å².